The molecule has 158 valence electrons. The maximum absolute atomic E-state index is 11.0. The Morgan fingerprint density at radius 2 is 1.87 bits per heavy atom. The van der Waals surface area contributed by atoms with Crippen molar-refractivity contribution in [3.8, 4) is 17.1 Å². The molecule has 4 aromatic rings. The number of ether oxygens (including phenoxy) is 1. The van der Waals surface area contributed by atoms with Crippen molar-refractivity contribution in [2.45, 2.75) is 13.1 Å². The summed E-state index contributed by atoms with van der Waals surface area (Å²) >= 11 is 0. The molecule has 0 bridgehead atoms. The van der Waals surface area contributed by atoms with E-state index in [9.17, 15) is 10.1 Å². The third kappa shape index (κ3) is 3.89. The molecule has 0 saturated heterocycles. The number of imidazole rings is 1. The molecular formula is C23H23N5O3. The highest BCUT2D eigenvalue weighted by molar-refractivity contribution is 5.85. The van der Waals surface area contributed by atoms with Gasteiger partial charge in [-0.15, -0.1) is 0 Å². The smallest absolute Gasteiger partial charge is 0.414 e. The summed E-state index contributed by atoms with van der Waals surface area (Å²) in [6.45, 7) is 3.37. The summed E-state index contributed by atoms with van der Waals surface area (Å²) < 4.78 is 9.49. The minimum Gasteiger partial charge on any atom is -0.444 e. The fourth-order valence-corrected chi connectivity index (χ4v) is 4.06. The molecule has 0 amide bonds. The molecule has 2 aromatic carbocycles. The molecule has 0 radical (unpaired) electrons. The van der Waals surface area contributed by atoms with E-state index in [4.69, 9.17) is 4.74 Å². The number of hydrogen-bond acceptors (Lipinski definition) is 5. The van der Waals surface area contributed by atoms with Gasteiger partial charge in [-0.25, -0.2) is 0 Å². The Hall–Kier alpha value is -3.65. The predicted molar refractivity (Wildman–Crippen MR) is 118 cm³/mol. The van der Waals surface area contributed by atoms with Crippen LogP contribution in [-0.4, -0.2) is 43.6 Å². The van der Waals surface area contributed by atoms with Gasteiger partial charge in [0.2, 0.25) is 0 Å². The first-order valence-corrected chi connectivity index (χ1v) is 10.3. The van der Waals surface area contributed by atoms with Crippen LogP contribution in [0.5, 0.6) is 6.01 Å². The van der Waals surface area contributed by atoms with Crippen LogP contribution in [0.1, 0.15) is 5.56 Å². The highest BCUT2D eigenvalue weighted by atomic mass is 16.6. The van der Waals surface area contributed by atoms with E-state index in [-0.39, 0.29) is 5.82 Å². The summed E-state index contributed by atoms with van der Waals surface area (Å²) in [7, 11) is 2.06. The SMILES string of the molecule is Cn1ccc2cc(-c3ccc(CN4CCOc5nc([N+](=O)[O-])cn5CC4)cc3)ccc21. The molecule has 1 aliphatic rings. The summed E-state index contributed by atoms with van der Waals surface area (Å²) in [6.07, 6.45) is 3.52. The van der Waals surface area contributed by atoms with Gasteiger partial charge in [0.1, 0.15) is 12.8 Å². The number of rotatable bonds is 4. The third-order valence-corrected chi connectivity index (χ3v) is 5.79. The van der Waals surface area contributed by atoms with Gasteiger partial charge in [-0.2, -0.15) is 0 Å². The number of nitrogens with zero attached hydrogens (tertiary/aromatic N) is 5. The molecule has 5 rings (SSSR count). The molecule has 0 fully saturated rings. The van der Waals surface area contributed by atoms with E-state index < -0.39 is 4.92 Å². The van der Waals surface area contributed by atoms with Crippen LogP contribution in [0, 0.1) is 10.1 Å². The molecule has 0 N–H and O–H groups in total. The number of fused-ring (bicyclic) bond motifs is 2. The van der Waals surface area contributed by atoms with Crippen molar-refractivity contribution < 1.29 is 9.66 Å². The average molecular weight is 417 g/mol. The molecule has 31 heavy (non-hydrogen) atoms. The first-order valence-electron chi connectivity index (χ1n) is 10.3. The van der Waals surface area contributed by atoms with Gasteiger partial charge >= 0.3 is 11.8 Å². The monoisotopic (exact) mass is 417 g/mol. The average Bonchev–Trinajstić information content (AvgIpc) is 3.34. The van der Waals surface area contributed by atoms with Crippen LogP contribution in [0.2, 0.25) is 0 Å². The zero-order chi connectivity index (χ0) is 21.4. The largest absolute Gasteiger partial charge is 0.444 e. The number of nitro groups is 1. The molecule has 0 unspecified atom stereocenters. The molecule has 0 saturated carbocycles. The molecule has 8 nitrogen and oxygen atoms in total. The van der Waals surface area contributed by atoms with Gasteiger partial charge in [0, 0.05) is 55.3 Å². The number of benzene rings is 2. The Labute approximate surface area is 179 Å². The normalized spacial score (nSPS) is 14.6. The molecular weight excluding hydrogens is 394 g/mol. The van der Waals surface area contributed by atoms with E-state index >= 15 is 0 Å². The van der Waals surface area contributed by atoms with Gasteiger partial charge in [0.15, 0.2) is 0 Å². The van der Waals surface area contributed by atoms with Gasteiger partial charge in [-0.3, -0.25) is 9.47 Å². The summed E-state index contributed by atoms with van der Waals surface area (Å²) in [5.41, 5.74) is 4.85. The molecule has 0 spiro atoms. The van der Waals surface area contributed by atoms with Gasteiger partial charge in [-0.05, 0) is 39.8 Å². The van der Waals surface area contributed by atoms with Crippen LogP contribution >= 0.6 is 0 Å². The van der Waals surface area contributed by atoms with Crippen LogP contribution in [0.3, 0.4) is 0 Å². The first kappa shape index (κ1) is 19.3. The lowest BCUT2D eigenvalue weighted by atomic mass is 10.0. The van der Waals surface area contributed by atoms with E-state index in [1.54, 1.807) is 4.57 Å². The predicted octanol–water partition coefficient (Wildman–Crippen LogP) is 3.84. The minimum absolute atomic E-state index is 0.173. The van der Waals surface area contributed by atoms with Crippen LogP contribution < -0.4 is 4.74 Å². The van der Waals surface area contributed by atoms with Crippen molar-refractivity contribution in [3.05, 3.63) is 76.6 Å². The van der Waals surface area contributed by atoms with Crippen LogP contribution in [0.25, 0.3) is 22.0 Å². The molecule has 2 aromatic heterocycles. The summed E-state index contributed by atoms with van der Waals surface area (Å²) in [4.78, 5) is 16.7. The zero-order valence-electron chi connectivity index (χ0n) is 17.3. The van der Waals surface area contributed by atoms with Crippen LogP contribution in [-0.2, 0) is 20.1 Å². The fraction of sp³-hybridized carbons (Fsp3) is 0.261. The Kier molecular flexibility index (Phi) is 4.91. The lowest BCUT2D eigenvalue weighted by molar-refractivity contribution is -0.389. The maximum atomic E-state index is 11.0. The Balaban J connectivity index is 1.27. The molecule has 3 heterocycles. The molecule has 1 aliphatic heterocycles. The summed E-state index contributed by atoms with van der Waals surface area (Å²) in [5.74, 6) is -0.173. The standard InChI is InChI=1S/C23H23N5O3/c1-25-9-8-20-14-19(6-7-21(20)25)18-4-2-17(3-5-18)15-26-10-11-27-16-22(28(29)30)24-23(27)31-13-12-26/h2-9,14,16H,10-13,15H2,1H3. The molecule has 0 atom stereocenters. The second kappa shape index (κ2) is 7.88. The highest BCUT2D eigenvalue weighted by Gasteiger charge is 2.22. The Morgan fingerprint density at radius 3 is 2.68 bits per heavy atom. The lowest BCUT2D eigenvalue weighted by Crippen LogP contribution is -2.33. The zero-order valence-corrected chi connectivity index (χ0v) is 17.3. The number of aromatic nitrogens is 3. The van der Waals surface area contributed by atoms with E-state index in [0.29, 0.717) is 19.2 Å². The van der Waals surface area contributed by atoms with Crippen molar-refractivity contribution >= 4 is 16.7 Å². The molecule has 0 aliphatic carbocycles. The fourth-order valence-electron chi connectivity index (χ4n) is 4.06. The Bertz CT molecular complexity index is 1240. The van der Waals surface area contributed by atoms with E-state index in [0.717, 1.165) is 19.6 Å². The van der Waals surface area contributed by atoms with Crippen molar-refractivity contribution in [1.29, 1.82) is 0 Å². The van der Waals surface area contributed by atoms with E-state index in [1.807, 2.05) is 0 Å². The van der Waals surface area contributed by atoms with Crippen LogP contribution in [0.4, 0.5) is 5.82 Å². The first-order chi connectivity index (χ1) is 15.1. The van der Waals surface area contributed by atoms with Gasteiger partial charge in [0.25, 0.3) is 0 Å². The van der Waals surface area contributed by atoms with Crippen LogP contribution in [0.15, 0.2) is 60.9 Å². The maximum Gasteiger partial charge on any atom is 0.414 e. The lowest BCUT2D eigenvalue weighted by Gasteiger charge is -2.24. The second-order valence-corrected chi connectivity index (χ2v) is 7.85. The van der Waals surface area contributed by atoms with Gasteiger partial charge in [-0.1, -0.05) is 30.3 Å². The number of aryl methyl sites for hydroxylation is 1. The van der Waals surface area contributed by atoms with E-state index in [2.05, 4.69) is 76.2 Å². The van der Waals surface area contributed by atoms with Crippen molar-refractivity contribution in [3.63, 3.8) is 0 Å². The topological polar surface area (TPSA) is 78.4 Å². The van der Waals surface area contributed by atoms with Gasteiger partial charge in [0.05, 0.1) is 0 Å². The van der Waals surface area contributed by atoms with Crippen molar-refractivity contribution in [2.75, 3.05) is 19.7 Å². The minimum atomic E-state index is -0.490. The van der Waals surface area contributed by atoms with Crippen molar-refractivity contribution in [2.24, 2.45) is 7.05 Å². The van der Waals surface area contributed by atoms with E-state index in [1.165, 1.54) is 33.8 Å². The molecule has 8 heteroatoms. The summed E-state index contributed by atoms with van der Waals surface area (Å²) in [5, 5.41) is 12.2. The summed E-state index contributed by atoms with van der Waals surface area (Å²) in [6, 6.07) is 17.7. The van der Waals surface area contributed by atoms with Crippen molar-refractivity contribution in [1.82, 2.24) is 19.0 Å². The highest BCUT2D eigenvalue weighted by Crippen LogP contribution is 2.26. The number of hydrogen-bond donors (Lipinski definition) is 0. The second-order valence-electron chi connectivity index (χ2n) is 7.85. The Morgan fingerprint density at radius 1 is 1.06 bits per heavy atom. The third-order valence-electron chi connectivity index (χ3n) is 5.79. The quantitative estimate of drug-likeness (QED) is 0.372. The van der Waals surface area contributed by atoms with Gasteiger partial charge < -0.3 is 19.4 Å².